The van der Waals surface area contributed by atoms with E-state index < -0.39 is 11.9 Å². The fourth-order valence-corrected chi connectivity index (χ4v) is 3.87. The summed E-state index contributed by atoms with van der Waals surface area (Å²) in [5.74, 6) is -1.42. The molecule has 2 N–H and O–H groups in total. The lowest BCUT2D eigenvalue weighted by Crippen LogP contribution is -2.52. The Balaban J connectivity index is 0.000000387. The molecule has 0 radical (unpaired) electrons. The fourth-order valence-electron chi connectivity index (χ4n) is 3.74. The van der Waals surface area contributed by atoms with Crippen molar-refractivity contribution in [1.82, 2.24) is 4.90 Å². The molecule has 5 nitrogen and oxygen atoms in total. The molecule has 152 valence electrons. The van der Waals surface area contributed by atoms with Crippen LogP contribution in [-0.4, -0.2) is 47.2 Å². The highest BCUT2D eigenvalue weighted by molar-refractivity contribution is 6.30. The van der Waals surface area contributed by atoms with E-state index in [1.54, 1.807) is 0 Å². The van der Waals surface area contributed by atoms with Crippen molar-refractivity contribution in [2.45, 2.75) is 63.8 Å². The topological polar surface area (TPSA) is 77.8 Å². The van der Waals surface area contributed by atoms with Gasteiger partial charge < -0.3 is 15.1 Å². The van der Waals surface area contributed by atoms with Crippen LogP contribution in [0.4, 0.5) is 0 Å². The van der Waals surface area contributed by atoms with Crippen LogP contribution in [0.25, 0.3) is 0 Å². The quantitative estimate of drug-likeness (QED) is 0.666. The molecule has 2 rings (SSSR count). The van der Waals surface area contributed by atoms with Gasteiger partial charge in [-0.15, -0.1) is 0 Å². The first kappa shape index (κ1) is 23.4. The predicted molar refractivity (Wildman–Crippen MR) is 108 cm³/mol. The van der Waals surface area contributed by atoms with Crippen molar-refractivity contribution in [3.8, 4) is 0 Å². The number of halogens is 1. The molecule has 0 saturated heterocycles. The first-order valence-electron chi connectivity index (χ1n) is 9.44. The van der Waals surface area contributed by atoms with Crippen LogP contribution in [0, 0.1) is 5.92 Å². The van der Waals surface area contributed by atoms with Crippen molar-refractivity contribution < 1.29 is 19.8 Å². The molecular weight excluding hydrogens is 366 g/mol. The number of carboxylic acids is 2. The van der Waals surface area contributed by atoms with Crippen LogP contribution >= 0.6 is 11.6 Å². The Morgan fingerprint density at radius 2 is 1.56 bits per heavy atom. The lowest BCUT2D eigenvalue weighted by atomic mass is 9.58. The number of rotatable bonds is 8. The van der Waals surface area contributed by atoms with Gasteiger partial charge in [-0.1, -0.05) is 44.0 Å². The van der Waals surface area contributed by atoms with E-state index in [0.717, 1.165) is 10.9 Å². The maximum absolute atomic E-state index is 9.64. The number of aliphatic carboxylic acids is 2. The number of carboxylic acid groups (broad SMARTS) is 2. The molecule has 1 aromatic carbocycles. The highest BCUT2D eigenvalue weighted by Gasteiger charge is 2.46. The molecule has 1 saturated carbocycles. The minimum Gasteiger partial charge on any atom is -0.481 e. The molecule has 0 amide bonds. The van der Waals surface area contributed by atoms with Crippen molar-refractivity contribution in [3.63, 3.8) is 0 Å². The van der Waals surface area contributed by atoms with Gasteiger partial charge in [-0.05, 0) is 57.0 Å². The largest absolute Gasteiger partial charge is 0.481 e. The number of carbonyl (C=O) groups is 2. The normalized spacial score (nSPS) is 16.3. The molecule has 0 bridgehead atoms. The lowest BCUT2D eigenvalue weighted by Gasteiger charge is -2.51. The second kappa shape index (κ2) is 10.7. The molecule has 0 aromatic heterocycles. The molecule has 1 fully saturated rings. The second-order valence-electron chi connectivity index (χ2n) is 7.91. The molecule has 1 atom stereocenters. The summed E-state index contributed by atoms with van der Waals surface area (Å²) >= 11 is 6.04. The van der Waals surface area contributed by atoms with E-state index in [-0.39, 0.29) is 12.8 Å². The van der Waals surface area contributed by atoms with E-state index >= 15 is 0 Å². The van der Waals surface area contributed by atoms with Gasteiger partial charge in [0.1, 0.15) is 0 Å². The number of likely N-dealkylation sites (N-methyl/N-ethyl adjacent to an activating group) is 1. The third kappa shape index (κ3) is 7.15. The van der Waals surface area contributed by atoms with Crippen molar-refractivity contribution in [3.05, 3.63) is 34.9 Å². The maximum Gasteiger partial charge on any atom is 0.303 e. The van der Waals surface area contributed by atoms with Gasteiger partial charge in [-0.2, -0.15) is 0 Å². The van der Waals surface area contributed by atoms with Gasteiger partial charge in [-0.25, -0.2) is 0 Å². The summed E-state index contributed by atoms with van der Waals surface area (Å²) in [6.07, 6.45) is 4.64. The van der Waals surface area contributed by atoms with E-state index in [2.05, 4.69) is 45.0 Å². The molecule has 0 heterocycles. The minimum absolute atomic E-state index is 0.296. The fraction of sp³-hybridized carbons (Fsp3) is 0.619. The Morgan fingerprint density at radius 1 is 1.07 bits per heavy atom. The van der Waals surface area contributed by atoms with Crippen LogP contribution in [0.5, 0.6) is 0 Å². The number of hydrogen-bond acceptors (Lipinski definition) is 3. The Kier molecular flexibility index (Phi) is 9.27. The smallest absolute Gasteiger partial charge is 0.303 e. The van der Waals surface area contributed by atoms with E-state index in [4.69, 9.17) is 21.8 Å². The van der Waals surface area contributed by atoms with Gasteiger partial charge >= 0.3 is 11.9 Å². The Labute approximate surface area is 167 Å². The third-order valence-corrected chi connectivity index (χ3v) is 5.43. The zero-order valence-electron chi connectivity index (χ0n) is 16.7. The van der Waals surface area contributed by atoms with Crippen LogP contribution < -0.4 is 0 Å². The van der Waals surface area contributed by atoms with E-state index in [9.17, 15) is 9.59 Å². The molecular formula is C21H32ClNO4. The van der Waals surface area contributed by atoms with Crippen LogP contribution in [0.2, 0.25) is 5.02 Å². The van der Waals surface area contributed by atoms with Crippen molar-refractivity contribution in [1.29, 1.82) is 0 Å². The van der Waals surface area contributed by atoms with Crippen LogP contribution in [0.1, 0.15) is 57.9 Å². The maximum atomic E-state index is 9.64. The van der Waals surface area contributed by atoms with Gasteiger partial charge in [-0.3, -0.25) is 9.59 Å². The lowest BCUT2D eigenvalue weighted by molar-refractivity contribution is -0.143. The predicted octanol–water partition coefficient (Wildman–Crippen LogP) is 4.67. The van der Waals surface area contributed by atoms with Crippen molar-refractivity contribution in [2.75, 3.05) is 14.1 Å². The van der Waals surface area contributed by atoms with Gasteiger partial charge in [0.15, 0.2) is 0 Å². The van der Waals surface area contributed by atoms with Crippen molar-refractivity contribution >= 4 is 23.5 Å². The summed E-state index contributed by atoms with van der Waals surface area (Å²) in [4.78, 5) is 21.7. The minimum atomic E-state index is -1.08. The van der Waals surface area contributed by atoms with Crippen LogP contribution in [0.3, 0.4) is 0 Å². The van der Waals surface area contributed by atoms with Gasteiger partial charge in [0, 0.05) is 16.5 Å². The molecule has 1 unspecified atom stereocenters. The van der Waals surface area contributed by atoms with Gasteiger partial charge in [0.05, 0.1) is 12.8 Å². The summed E-state index contributed by atoms with van der Waals surface area (Å²) in [6, 6.07) is 9.18. The average molecular weight is 398 g/mol. The molecule has 1 aliphatic rings. The molecule has 27 heavy (non-hydrogen) atoms. The summed E-state index contributed by atoms with van der Waals surface area (Å²) < 4.78 is 0. The zero-order chi connectivity index (χ0) is 20.6. The van der Waals surface area contributed by atoms with Crippen molar-refractivity contribution in [2.24, 2.45) is 5.92 Å². The van der Waals surface area contributed by atoms with E-state index in [1.165, 1.54) is 31.2 Å². The zero-order valence-corrected chi connectivity index (χ0v) is 17.5. The van der Waals surface area contributed by atoms with Gasteiger partial charge in [0.2, 0.25) is 0 Å². The summed E-state index contributed by atoms with van der Waals surface area (Å²) in [6.45, 7) is 4.65. The summed E-state index contributed by atoms with van der Waals surface area (Å²) in [7, 11) is 4.45. The SMILES string of the molecule is CC(C)CC(N(C)C)C1(c2ccc(Cl)cc2)CCC1.O=C(O)CCC(=O)O. The third-order valence-electron chi connectivity index (χ3n) is 5.17. The Bertz CT molecular complexity index is 595. The second-order valence-corrected chi connectivity index (χ2v) is 8.35. The molecule has 1 aliphatic carbocycles. The Morgan fingerprint density at radius 3 is 1.85 bits per heavy atom. The molecule has 0 spiro atoms. The molecule has 0 aliphatic heterocycles. The number of hydrogen-bond donors (Lipinski definition) is 2. The standard InChI is InChI=1S/C17H26ClN.C4H6O4/c1-13(2)12-16(19(3)4)17(10-5-11-17)14-6-8-15(18)9-7-14;5-3(6)1-2-4(7)8/h6-9,13,16H,5,10-12H2,1-4H3;1-2H2,(H,5,6)(H,7,8). The summed E-state index contributed by atoms with van der Waals surface area (Å²) in [5.41, 5.74) is 1.82. The van der Waals surface area contributed by atoms with E-state index in [0.29, 0.717) is 11.5 Å². The van der Waals surface area contributed by atoms with E-state index in [1.807, 2.05) is 12.1 Å². The summed E-state index contributed by atoms with van der Waals surface area (Å²) in [5, 5.41) is 16.6. The first-order valence-corrected chi connectivity index (χ1v) is 9.82. The van der Waals surface area contributed by atoms with Crippen LogP contribution in [-0.2, 0) is 15.0 Å². The first-order chi connectivity index (χ1) is 12.6. The number of benzene rings is 1. The highest BCUT2D eigenvalue weighted by atomic mass is 35.5. The Hall–Kier alpha value is -1.59. The van der Waals surface area contributed by atoms with Gasteiger partial charge in [0.25, 0.3) is 0 Å². The molecule has 1 aromatic rings. The molecule has 6 heteroatoms. The highest BCUT2D eigenvalue weighted by Crippen LogP contribution is 2.49. The monoisotopic (exact) mass is 397 g/mol. The van der Waals surface area contributed by atoms with Crippen LogP contribution in [0.15, 0.2) is 24.3 Å². The number of nitrogens with zero attached hydrogens (tertiary/aromatic N) is 1. The average Bonchev–Trinajstić information content (AvgIpc) is 2.53.